The first kappa shape index (κ1) is 44.2. The molecule has 344 valence electrons. The van der Waals surface area contributed by atoms with Gasteiger partial charge in [0.15, 0.2) is 11.3 Å². The fourth-order valence-corrected chi connectivity index (χ4v) is 9.49. The van der Waals surface area contributed by atoms with Crippen LogP contribution in [0.1, 0.15) is 90.6 Å². The number of nitrogens with zero attached hydrogens (tertiary/aromatic N) is 9. The monoisotopic (exact) mass is 905 g/mol. The van der Waals surface area contributed by atoms with Gasteiger partial charge in [-0.2, -0.15) is 15.3 Å². The topological polar surface area (TPSA) is 166 Å². The maximum Gasteiger partial charge on any atom is 0.284 e. The first-order chi connectivity index (χ1) is 31.4. The minimum atomic E-state index is -2.96. The molecule has 16 nitrogen and oxygen atoms in total. The third-order valence-electron chi connectivity index (χ3n) is 12.8. The number of carbonyl (C=O) groups is 3. The summed E-state index contributed by atoms with van der Waals surface area (Å²) in [4.78, 5) is 46.0. The van der Waals surface area contributed by atoms with Gasteiger partial charge in [0.25, 0.3) is 18.8 Å². The summed E-state index contributed by atoms with van der Waals surface area (Å²) in [6.45, 7) is 1.94. The minimum Gasteiger partial charge on any atom is -0.369 e. The Kier molecular flexibility index (Phi) is 12.8. The number of aromatic nitrogens is 7. The van der Waals surface area contributed by atoms with E-state index < -0.39 is 48.7 Å². The lowest BCUT2D eigenvalue weighted by atomic mass is 9.85. The van der Waals surface area contributed by atoms with Gasteiger partial charge in [0.05, 0.1) is 59.9 Å². The average molecular weight is 906 g/mol. The van der Waals surface area contributed by atoms with Gasteiger partial charge in [-0.15, -0.1) is 0 Å². The fraction of sp³-hybridized carbons (Fsp3) is 0.523. The summed E-state index contributed by atoms with van der Waals surface area (Å²) in [5.41, 5.74) is 1.51. The van der Waals surface area contributed by atoms with Crippen molar-refractivity contribution in [3.8, 4) is 11.8 Å². The van der Waals surface area contributed by atoms with Gasteiger partial charge in [-0.3, -0.25) is 34.0 Å². The molecule has 3 saturated heterocycles. The number of fused-ring (bicyclic) bond motifs is 2. The Morgan fingerprint density at radius 1 is 1.05 bits per heavy atom. The predicted molar refractivity (Wildman–Crippen MR) is 225 cm³/mol. The number of hydrogen-bond donors (Lipinski definition) is 2. The molecule has 1 aromatic carbocycles. The molecule has 1 aliphatic carbocycles. The number of benzene rings is 1. The molecule has 9 rings (SSSR count). The molecule has 5 aromatic rings. The molecule has 1 saturated carbocycles. The number of para-hydroxylation sites is 1. The summed E-state index contributed by atoms with van der Waals surface area (Å²) < 4.78 is 86.3. The minimum absolute atomic E-state index is 0.0123. The second kappa shape index (κ2) is 18.9. The number of carbonyl (C=O) groups excluding carboxylic acids is 3. The fourth-order valence-electron chi connectivity index (χ4n) is 9.49. The highest BCUT2D eigenvalue weighted by molar-refractivity contribution is 6.08. The Morgan fingerprint density at radius 3 is 2.65 bits per heavy atom. The second-order valence-electron chi connectivity index (χ2n) is 17.1. The highest BCUT2D eigenvalue weighted by atomic mass is 19.3. The van der Waals surface area contributed by atoms with Gasteiger partial charge in [-0.25, -0.2) is 31.5 Å². The lowest BCUT2D eigenvalue weighted by Gasteiger charge is -2.38. The first-order valence-corrected chi connectivity index (χ1v) is 21.8. The molecule has 0 spiro atoms. The van der Waals surface area contributed by atoms with E-state index in [4.69, 9.17) is 9.47 Å². The molecular formula is C44H48F5N11O5. The normalized spacial score (nSPS) is 24.5. The molecule has 4 atom stereocenters. The van der Waals surface area contributed by atoms with Gasteiger partial charge in [-0.05, 0) is 56.6 Å². The molecule has 4 fully saturated rings. The molecule has 0 radical (unpaired) electrons. The number of halogens is 5. The van der Waals surface area contributed by atoms with Crippen LogP contribution in [0.4, 0.5) is 33.5 Å². The maximum atomic E-state index is 15.5. The molecule has 0 bridgehead atoms. The Morgan fingerprint density at radius 2 is 1.88 bits per heavy atom. The van der Waals surface area contributed by atoms with Gasteiger partial charge in [0, 0.05) is 57.4 Å². The van der Waals surface area contributed by atoms with Gasteiger partial charge in [-0.1, -0.05) is 24.0 Å². The molecule has 2 unspecified atom stereocenters. The second-order valence-corrected chi connectivity index (χ2v) is 17.1. The van der Waals surface area contributed by atoms with E-state index in [9.17, 15) is 31.9 Å². The number of imide groups is 1. The van der Waals surface area contributed by atoms with Crippen LogP contribution in [0.5, 0.6) is 0 Å². The number of anilines is 2. The number of nitrogens with one attached hydrogen (secondary N) is 2. The van der Waals surface area contributed by atoms with E-state index in [0.29, 0.717) is 62.4 Å². The number of ether oxygens (including phenoxy) is 2. The Labute approximate surface area is 369 Å². The maximum absolute atomic E-state index is 15.5. The highest BCUT2D eigenvalue weighted by Gasteiger charge is 2.35. The Hall–Kier alpha value is -5.98. The molecule has 3 amide bonds. The van der Waals surface area contributed by atoms with E-state index in [2.05, 4.69) is 47.7 Å². The number of likely N-dealkylation sites (tertiary alicyclic amines) is 1. The van der Waals surface area contributed by atoms with Crippen LogP contribution in [0.25, 0.3) is 16.6 Å². The first-order valence-electron chi connectivity index (χ1n) is 21.8. The largest absolute Gasteiger partial charge is 0.369 e. The summed E-state index contributed by atoms with van der Waals surface area (Å²) in [7, 11) is 1.78. The summed E-state index contributed by atoms with van der Waals surface area (Å²) in [5, 5.41) is 18.7. The van der Waals surface area contributed by atoms with Crippen molar-refractivity contribution < 1.29 is 45.8 Å². The average Bonchev–Trinajstić information content (AvgIpc) is 4.01. The van der Waals surface area contributed by atoms with Crippen molar-refractivity contribution in [2.75, 3.05) is 56.2 Å². The zero-order valence-corrected chi connectivity index (χ0v) is 35.5. The van der Waals surface area contributed by atoms with Crippen LogP contribution in [0.2, 0.25) is 0 Å². The molecule has 3 aliphatic heterocycles. The molecule has 4 aromatic heterocycles. The number of amides is 3. The molecule has 4 aliphatic rings. The van der Waals surface area contributed by atoms with Crippen LogP contribution in [0, 0.1) is 17.8 Å². The van der Waals surface area contributed by atoms with Crippen molar-refractivity contribution in [1.82, 2.24) is 44.4 Å². The van der Waals surface area contributed by atoms with E-state index in [1.807, 2.05) is 18.2 Å². The van der Waals surface area contributed by atoms with Crippen molar-refractivity contribution in [3.05, 3.63) is 65.4 Å². The van der Waals surface area contributed by atoms with Crippen LogP contribution in [0.15, 0.2) is 42.9 Å². The van der Waals surface area contributed by atoms with Gasteiger partial charge < -0.3 is 19.7 Å². The number of morpholine rings is 1. The van der Waals surface area contributed by atoms with Gasteiger partial charge in [0.1, 0.15) is 30.3 Å². The standard InChI is InChI=1S/C44H48F5N11O5/c1-56-39-26(4-2-6-28(39)37(54-56)29-11-12-36(61)53-43(29)62)5-3-18-64-33-13-15-57(22-31(33)45)21-25-7-9-27(10-8-25)60-23-32(38(55-60)41(48)49)51-44(63)30-20-50-59-16-14-35(52-42(30)59)58-17-19-65-34(24-58)40(46)47/h2,4,6,14,16,20,23,25,27,29,31,33-34,40-41H,7-13,15,17-19,21-22,24H2,1H3,(H,51,63)(H,53,61,62)/t25?,27?,29?,31-,33+,34?/m0/s1. The van der Waals surface area contributed by atoms with Gasteiger partial charge in [0.2, 0.25) is 11.8 Å². The number of hydrogen-bond acceptors (Lipinski definition) is 11. The van der Waals surface area contributed by atoms with E-state index in [1.165, 1.54) is 21.6 Å². The van der Waals surface area contributed by atoms with E-state index in [0.717, 1.165) is 23.7 Å². The lowest BCUT2D eigenvalue weighted by Crippen LogP contribution is -2.47. The molecule has 21 heteroatoms. The molecule has 65 heavy (non-hydrogen) atoms. The SMILES string of the molecule is Cn1nc(C2CCC(=O)NC2=O)c2cccc(C#CCO[C@@H]3CCN(CC4CCC(n5cc(NC(=O)c6cnn7ccc(N8CCOC(C(F)F)C8)nc67)c(C(F)F)n5)CC4)C[C@@H]3F)c21. The van der Waals surface area contributed by atoms with E-state index in [-0.39, 0.29) is 73.4 Å². The Balaban J connectivity index is 0.757. The van der Waals surface area contributed by atoms with Crippen LogP contribution < -0.4 is 15.5 Å². The smallest absolute Gasteiger partial charge is 0.284 e. The van der Waals surface area contributed by atoms with Crippen LogP contribution in [-0.2, 0) is 26.1 Å². The molecule has 2 N–H and O–H groups in total. The van der Waals surface area contributed by atoms with Crippen molar-refractivity contribution in [1.29, 1.82) is 0 Å². The van der Waals surface area contributed by atoms with E-state index in [1.54, 1.807) is 28.9 Å². The number of piperidine rings is 2. The summed E-state index contributed by atoms with van der Waals surface area (Å²) in [5.74, 6) is 4.88. The van der Waals surface area contributed by atoms with Crippen molar-refractivity contribution >= 4 is 45.8 Å². The number of rotatable bonds is 11. The Bertz CT molecular complexity index is 2630. The zero-order valence-electron chi connectivity index (χ0n) is 35.5. The lowest BCUT2D eigenvalue weighted by molar-refractivity contribution is -0.134. The predicted octanol–water partition coefficient (Wildman–Crippen LogP) is 5.20. The highest BCUT2D eigenvalue weighted by Crippen LogP contribution is 2.36. The van der Waals surface area contributed by atoms with Crippen LogP contribution >= 0.6 is 0 Å². The molecule has 7 heterocycles. The van der Waals surface area contributed by atoms with Crippen LogP contribution in [0.3, 0.4) is 0 Å². The zero-order chi connectivity index (χ0) is 45.4. The van der Waals surface area contributed by atoms with Crippen LogP contribution in [-0.4, -0.2) is 128 Å². The number of alkyl halides is 5. The third-order valence-corrected chi connectivity index (χ3v) is 12.8. The van der Waals surface area contributed by atoms with E-state index >= 15 is 4.39 Å². The van der Waals surface area contributed by atoms with Crippen molar-refractivity contribution in [3.63, 3.8) is 0 Å². The third kappa shape index (κ3) is 9.42. The van der Waals surface area contributed by atoms with Crippen molar-refractivity contribution in [2.45, 2.75) is 88.1 Å². The van der Waals surface area contributed by atoms with Gasteiger partial charge >= 0.3 is 0 Å². The molecular weight excluding hydrogens is 858 g/mol. The summed E-state index contributed by atoms with van der Waals surface area (Å²) in [6.07, 6.45) is -0.426. The quantitative estimate of drug-likeness (QED) is 0.102. The summed E-state index contributed by atoms with van der Waals surface area (Å²) >= 11 is 0. The number of aryl methyl sites for hydroxylation is 1. The summed E-state index contributed by atoms with van der Waals surface area (Å²) in [6, 6.07) is 7.00. The van der Waals surface area contributed by atoms with Crippen molar-refractivity contribution in [2.24, 2.45) is 13.0 Å².